The van der Waals surface area contributed by atoms with Gasteiger partial charge in [-0.1, -0.05) is 0 Å². The number of nitrogen functional groups attached to an aromatic ring is 1. The molecule has 7 heteroatoms. The van der Waals surface area contributed by atoms with E-state index in [0.717, 1.165) is 19.4 Å². The standard InChI is InChI=1S/C11H16N4O3/c1-17-9-6-8(13-11(12)14-9)15-5-3-4-7(15)10(16)18-2/h6-7H,3-5H2,1-2H3,(H2,12,13,14). The molecular formula is C11H16N4O3. The Morgan fingerprint density at radius 1 is 1.50 bits per heavy atom. The van der Waals surface area contributed by atoms with Gasteiger partial charge in [-0.15, -0.1) is 0 Å². The van der Waals surface area contributed by atoms with Gasteiger partial charge >= 0.3 is 5.97 Å². The van der Waals surface area contributed by atoms with Gasteiger partial charge in [0.2, 0.25) is 11.8 Å². The van der Waals surface area contributed by atoms with Gasteiger partial charge in [-0.2, -0.15) is 9.97 Å². The number of ether oxygens (including phenoxy) is 2. The Morgan fingerprint density at radius 2 is 2.28 bits per heavy atom. The van der Waals surface area contributed by atoms with Gasteiger partial charge in [0.05, 0.1) is 14.2 Å². The number of anilines is 2. The van der Waals surface area contributed by atoms with Crippen LogP contribution in [0.25, 0.3) is 0 Å². The highest BCUT2D eigenvalue weighted by molar-refractivity contribution is 5.80. The zero-order valence-electron chi connectivity index (χ0n) is 10.4. The molecule has 2 heterocycles. The highest BCUT2D eigenvalue weighted by Gasteiger charge is 2.32. The van der Waals surface area contributed by atoms with E-state index in [4.69, 9.17) is 15.2 Å². The first kappa shape index (κ1) is 12.4. The molecule has 1 aliphatic rings. The zero-order valence-corrected chi connectivity index (χ0v) is 10.4. The molecule has 98 valence electrons. The van der Waals surface area contributed by atoms with Gasteiger partial charge in [0, 0.05) is 12.6 Å². The average Bonchev–Trinajstić information content (AvgIpc) is 2.86. The Morgan fingerprint density at radius 3 is 2.94 bits per heavy atom. The molecule has 1 fully saturated rings. The van der Waals surface area contributed by atoms with Crippen LogP contribution in [0.3, 0.4) is 0 Å². The van der Waals surface area contributed by atoms with Gasteiger partial charge in [0.1, 0.15) is 11.9 Å². The molecule has 1 aromatic rings. The van der Waals surface area contributed by atoms with Crippen LogP contribution < -0.4 is 15.4 Å². The van der Waals surface area contributed by atoms with Crippen LogP contribution in [0.2, 0.25) is 0 Å². The first-order chi connectivity index (χ1) is 8.65. The van der Waals surface area contributed by atoms with Crippen LogP contribution in [0.1, 0.15) is 12.8 Å². The summed E-state index contributed by atoms with van der Waals surface area (Å²) in [5.41, 5.74) is 5.61. The quantitative estimate of drug-likeness (QED) is 0.769. The van der Waals surface area contributed by atoms with Crippen molar-refractivity contribution < 1.29 is 14.3 Å². The number of hydrogen-bond donors (Lipinski definition) is 1. The van der Waals surface area contributed by atoms with Crippen LogP contribution in [-0.4, -0.2) is 42.7 Å². The Balaban J connectivity index is 2.29. The average molecular weight is 252 g/mol. The molecule has 1 saturated heterocycles. The molecule has 1 aromatic heterocycles. The smallest absolute Gasteiger partial charge is 0.328 e. The molecule has 7 nitrogen and oxygen atoms in total. The monoisotopic (exact) mass is 252 g/mol. The van der Waals surface area contributed by atoms with E-state index >= 15 is 0 Å². The summed E-state index contributed by atoms with van der Waals surface area (Å²) in [4.78, 5) is 21.6. The highest BCUT2D eigenvalue weighted by Crippen LogP contribution is 2.27. The number of aromatic nitrogens is 2. The van der Waals surface area contributed by atoms with Crippen LogP contribution in [0.4, 0.5) is 11.8 Å². The van der Waals surface area contributed by atoms with Crippen molar-refractivity contribution in [1.29, 1.82) is 0 Å². The Kier molecular flexibility index (Phi) is 3.50. The van der Waals surface area contributed by atoms with E-state index in [-0.39, 0.29) is 18.0 Å². The summed E-state index contributed by atoms with van der Waals surface area (Å²) in [6, 6.07) is 1.35. The summed E-state index contributed by atoms with van der Waals surface area (Å²) in [5.74, 6) is 0.837. The lowest BCUT2D eigenvalue weighted by Crippen LogP contribution is -2.37. The molecule has 0 bridgehead atoms. The Labute approximate surface area is 105 Å². The van der Waals surface area contributed by atoms with E-state index in [9.17, 15) is 4.79 Å². The molecule has 0 amide bonds. The molecule has 0 spiro atoms. The number of esters is 1. The Hall–Kier alpha value is -2.05. The third kappa shape index (κ3) is 2.29. The van der Waals surface area contributed by atoms with Crippen molar-refractivity contribution in [1.82, 2.24) is 9.97 Å². The third-order valence-corrected chi connectivity index (χ3v) is 2.94. The number of carbonyl (C=O) groups is 1. The van der Waals surface area contributed by atoms with Crippen LogP contribution >= 0.6 is 0 Å². The van der Waals surface area contributed by atoms with Gasteiger partial charge in [-0.05, 0) is 12.8 Å². The third-order valence-electron chi connectivity index (χ3n) is 2.94. The van der Waals surface area contributed by atoms with Gasteiger partial charge < -0.3 is 20.1 Å². The lowest BCUT2D eigenvalue weighted by atomic mass is 10.2. The minimum absolute atomic E-state index is 0.125. The second-order valence-electron chi connectivity index (χ2n) is 4.00. The predicted octanol–water partition coefficient (Wildman–Crippen LogP) is 0.209. The maximum Gasteiger partial charge on any atom is 0.328 e. The summed E-state index contributed by atoms with van der Waals surface area (Å²) in [6.07, 6.45) is 1.66. The summed E-state index contributed by atoms with van der Waals surface area (Å²) >= 11 is 0. The number of nitrogens with two attached hydrogens (primary N) is 1. The SMILES string of the molecule is COC(=O)C1CCCN1c1cc(OC)nc(N)n1. The summed E-state index contributed by atoms with van der Waals surface area (Å²) in [7, 11) is 2.89. The fraction of sp³-hybridized carbons (Fsp3) is 0.545. The predicted molar refractivity (Wildman–Crippen MR) is 65.4 cm³/mol. The second-order valence-corrected chi connectivity index (χ2v) is 4.00. The lowest BCUT2D eigenvalue weighted by Gasteiger charge is -2.23. The van der Waals surface area contributed by atoms with Crippen molar-refractivity contribution in [3.63, 3.8) is 0 Å². The van der Waals surface area contributed by atoms with Gasteiger partial charge in [-0.3, -0.25) is 0 Å². The van der Waals surface area contributed by atoms with Gasteiger partial charge in [0.15, 0.2) is 0 Å². The second kappa shape index (κ2) is 5.07. The molecule has 1 unspecified atom stereocenters. The van der Waals surface area contributed by atoms with E-state index in [2.05, 4.69) is 9.97 Å². The van der Waals surface area contributed by atoms with Crippen LogP contribution in [0.15, 0.2) is 6.07 Å². The largest absolute Gasteiger partial charge is 0.481 e. The van der Waals surface area contributed by atoms with E-state index < -0.39 is 0 Å². The van der Waals surface area contributed by atoms with Crippen molar-refractivity contribution >= 4 is 17.7 Å². The fourth-order valence-electron chi connectivity index (χ4n) is 2.10. The molecule has 2 rings (SSSR count). The van der Waals surface area contributed by atoms with E-state index in [1.807, 2.05) is 4.90 Å². The first-order valence-corrected chi connectivity index (χ1v) is 5.68. The molecule has 1 atom stereocenters. The molecule has 0 aromatic carbocycles. The highest BCUT2D eigenvalue weighted by atomic mass is 16.5. The summed E-state index contributed by atoms with van der Waals surface area (Å²) in [5, 5.41) is 0. The fourth-order valence-corrected chi connectivity index (χ4v) is 2.10. The maximum atomic E-state index is 11.7. The molecule has 18 heavy (non-hydrogen) atoms. The number of methoxy groups -OCH3 is 2. The molecule has 0 aliphatic carbocycles. The number of carbonyl (C=O) groups excluding carboxylic acids is 1. The normalized spacial score (nSPS) is 18.8. The van der Waals surface area contributed by atoms with Gasteiger partial charge in [0.25, 0.3) is 0 Å². The van der Waals surface area contributed by atoms with Crippen molar-refractivity contribution in [2.75, 3.05) is 31.4 Å². The Bertz CT molecular complexity index is 452. The van der Waals surface area contributed by atoms with E-state index in [0.29, 0.717) is 11.7 Å². The maximum absolute atomic E-state index is 11.7. The van der Waals surface area contributed by atoms with Crippen molar-refractivity contribution in [2.24, 2.45) is 0 Å². The van der Waals surface area contributed by atoms with Crippen molar-refractivity contribution in [3.05, 3.63) is 6.07 Å². The molecule has 1 aliphatic heterocycles. The topological polar surface area (TPSA) is 90.6 Å². The minimum atomic E-state index is -0.311. The summed E-state index contributed by atoms with van der Waals surface area (Å²) < 4.78 is 9.83. The molecular weight excluding hydrogens is 236 g/mol. The number of rotatable bonds is 3. The molecule has 2 N–H and O–H groups in total. The van der Waals surface area contributed by atoms with Crippen LogP contribution in [-0.2, 0) is 9.53 Å². The van der Waals surface area contributed by atoms with Crippen molar-refractivity contribution in [3.8, 4) is 5.88 Å². The van der Waals surface area contributed by atoms with E-state index in [1.165, 1.54) is 14.2 Å². The summed E-state index contributed by atoms with van der Waals surface area (Å²) in [6.45, 7) is 0.735. The van der Waals surface area contributed by atoms with Crippen molar-refractivity contribution in [2.45, 2.75) is 18.9 Å². The molecule has 0 radical (unpaired) electrons. The van der Waals surface area contributed by atoms with E-state index in [1.54, 1.807) is 6.07 Å². The first-order valence-electron chi connectivity index (χ1n) is 5.68. The minimum Gasteiger partial charge on any atom is -0.481 e. The lowest BCUT2D eigenvalue weighted by molar-refractivity contribution is -0.141. The number of hydrogen-bond acceptors (Lipinski definition) is 7. The van der Waals surface area contributed by atoms with Gasteiger partial charge in [-0.25, -0.2) is 4.79 Å². The van der Waals surface area contributed by atoms with Crippen LogP contribution in [0.5, 0.6) is 5.88 Å². The number of nitrogens with zero attached hydrogens (tertiary/aromatic N) is 3. The molecule has 0 saturated carbocycles. The van der Waals surface area contributed by atoms with Crippen LogP contribution in [0, 0.1) is 0 Å². The zero-order chi connectivity index (χ0) is 13.1.